The zero-order valence-corrected chi connectivity index (χ0v) is 18.4. The zero-order chi connectivity index (χ0) is 21.8. The fourth-order valence-corrected chi connectivity index (χ4v) is 4.37. The van der Waals surface area contributed by atoms with Crippen molar-refractivity contribution in [1.82, 2.24) is 4.98 Å². The molecular formula is C24H20ClN3O2S. The molecule has 0 aliphatic heterocycles. The molecule has 0 spiro atoms. The second-order valence-corrected chi connectivity index (χ2v) is 8.49. The Hall–Kier alpha value is -3.22. The van der Waals surface area contributed by atoms with E-state index in [1.807, 2.05) is 61.5 Å². The molecule has 0 saturated heterocycles. The summed E-state index contributed by atoms with van der Waals surface area (Å²) in [4.78, 5) is 29.5. The summed E-state index contributed by atoms with van der Waals surface area (Å²) in [6.45, 7) is 2.39. The first-order valence-electron chi connectivity index (χ1n) is 9.80. The summed E-state index contributed by atoms with van der Waals surface area (Å²) in [6, 6.07) is 20.1. The molecule has 0 aliphatic carbocycles. The van der Waals surface area contributed by atoms with Crippen LogP contribution >= 0.6 is 22.9 Å². The third-order valence-corrected chi connectivity index (χ3v) is 6.13. The lowest BCUT2D eigenvalue weighted by molar-refractivity contribution is 0.0985. The van der Waals surface area contributed by atoms with Gasteiger partial charge in [0.15, 0.2) is 10.9 Å². The van der Waals surface area contributed by atoms with Gasteiger partial charge in [-0.1, -0.05) is 65.4 Å². The number of fused-ring (bicyclic) bond motifs is 1. The van der Waals surface area contributed by atoms with Crippen molar-refractivity contribution >= 4 is 55.7 Å². The van der Waals surface area contributed by atoms with Crippen molar-refractivity contribution in [3.05, 3.63) is 88.4 Å². The number of anilines is 2. The van der Waals surface area contributed by atoms with Crippen LogP contribution in [0, 0.1) is 6.92 Å². The molecule has 0 aliphatic rings. The number of rotatable bonds is 7. The number of para-hydroxylation sites is 1. The molecule has 0 fully saturated rings. The minimum atomic E-state index is -0.227. The summed E-state index contributed by atoms with van der Waals surface area (Å²) < 4.78 is 0.889. The zero-order valence-electron chi connectivity index (χ0n) is 16.8. The maximum absolute atomic E-state index is 12.7. The Bertz CT molecular complexity index is 1230. The largest absolute Gasteiger partial charge is 0.361 e. The highest BCUT2D eigenvalue weighted by atomic mass is 35.5. The molecule has 156 valence electrons. The van der Waals surface area contributed by atoms with Crippen LogP contribution < -0.4 is 10.6 Å². The van der Waals surface area contributed by atoms with Gasteiger partial charge in [-0.3, -0.25) is 9.59 Å². The van der Waals surface area contributed by atoms with Crippen molar-refractivity contribution in [1.29, 1.82) is 0 Å². The molecule has 3 aromatic carbocycles. The Morgan fingerprint density at radius 3 is 2.58 bits per heavy atom. The number of halogens is 1. The predicted molar refractivity (Wildman–Crippen MR) is 128 cm³/mol. The Kier molecular flexibility index (Phi) is 6.30. The second-order valence-electron chi connectivity index (χ2n) is 7.05. The summed E-state index contributed by atoms with van der Waals surface area (Å²) in [5, 5.41) is 7.32. The molecular weight excluding hydrogens is 430 g/mol. The number of carbonyl (C=O) groups is 2. The maximum atomic E-state index is 12.7. The van der Waals surface area contributed by atoms with E-state index in [0.29, 0.717) is 34.8 Å². The van der Waals surface area contributed by atoms with Gasteiger partial charge in [0.05, 0.1) is 20.9 Å². The Balaban J connectivity index is 1.42. The van der Waals surface area contributed by atoms with Crippen LogP contribution in [0.5, 0.6) is 0 Å². The fourth-order valence-electron chi connectivity index (χ4n) is 3.17. The molecule has 4 rings (SSSR count). The summed E-state index contributed by atoms with van der Waals surface area (Å²) in [7, 11) is 0. The van der Waals surface area contributed by atoms with Crippen LogP contribution in [0.4, 0.5) is 10.8 Å². The van der Waals surface area contributed by atoms with Crippen molar-refractivity contribution in [2.45, 2.75) is 13.3 Å². The van der Waals surface area contributed by atoms with E-state index in [4.69, 9.17) is 11.6 Å². The van der Waals surface area contributed by atoms with E-state index in [0.717, 1.165) is 20.9 Å². The van der Waals surface area contributed by atoms with Crippen molar-refractivity contribution < 1.29 is 9.59 Å². The van der Waals surface area contributed by atoms with Gasteiger partial charge >= 0.3 is 0 Å². The number of hydrogen-bond acceptors (Lipinski definition) is 5. The highest BCUT2D eigenvalue weighted by Crippen LogP contribution is 2.29. The quantitative estimate of drug-likeness (QED) is 0.330. The molecule has 31 heavy (non-hydrogen) atoms. The number of thiazole rings is 1. The minimum absolute atomic E-state index is 0.0861. The van der Waals surface area contributed by atoms with Gasteiger partial charge in [0.25, 0.3) is 5.91 Å². The predicted octanol–water partition coefficient (Wildman–Crippen LogP) is 6.20. The molecule has 2 N–H and O–H groups in total. The van der Waals surface area contributed by atoms with E-state index in [1.165, 1.54) is 11.3 Å². The number of hydrogen-bond donors (Lipinski definition) is 2. The molecule has 1 heterocycles. The molecule has 0 unspecified atom stereocenters. The van der Waals surface area contributed by atoms with Crippen LogP contribution in [0.1, 0.15) is 32.7 Å². The van der Waals surface area contributed by atoms with E-state index in [2.05, 4.69) is 15.6 Å². The van der Waals surface area contributed by atoms with E-state index >= 15 is 0 Å². The number of amides is 1. The molecule has 1 amide bonds. The van der Waals surface area contributed by atoms with E-state index < -0.39 is 0 Å². The average Bonchev–Trinajstić information content (AvgIpc) is 3.18. The Morgan fingerprint density at radius 2 is 1.81 bits per heavy atom. The van der Waals surface area contributed by atoms with Gasteiger partial charge in [-0.25, -0.2) is 4.98 Å². The molecule has 1 aromatic heterocycles. The lowest BCUT2D eigenvalue weighted by atomic mass is 10.1. The molecule has 0 saturated carbocycles. The normalized spacial score (nSPS) is 10.8. The summed E-state index contributed by atoms with van der Waals surface area (Å²) >= 11 is 7.66. The van der Waals surface area contributed by atoms with Crippen LogP contribution in [0.25, 0.3) is 10.2 Å². The van der Waals surface area contributed by atoms with Gasteiger partial charge in [0, 0.05) is 24.1 Å². The number of Topliss-reactive ketones (excluding diaryl/α,β-unsaturated/α-hetero) is 1. The first kappa shape index (κ1) is 21.0. The van der Waals surface area contributed by atoms with Gasteiger partial charge in [-0.05, 0) is 36.8 Å². The van der Waals surface area contributed by atoms with Crippen molar-refractivity contribution in [3.8, 4) is 0 Å². The average molecular weight is 450 g/mol. The van der Waals surface area contributed by atoms with Gasteiger partial charge in [0.1, 0.15) is 0 Å². The van der Waals surface area contributed by atoms with Crippen molar-refractivity contribution in [2.24, 2.45) is 0 Å². The van der Waals surface area contributed by atoms with Gasteiger partial charge in [-0.15, -0.1) is 0 Å². The minimum Gasteiger partial charge on any atom is -0.361 e. The number of carbonyl (C=O) groups excluding carboxylic acids is 2. The summed E-state index contributed by atoms with van der Waals surface area (Å²) in [5.41, 5.74) is 3.55. The maximum Gasteiger partial charge on any atom is 0.255 e. The van der Waals surface area contributed by atoms with Crippen LogP contribution in [0.3, 0.4) is 0 Å². The fraction of sp³-hybridized carbons (Fsp3) is 0.125. The van der Waals surface area contributed by atoms with Crippen molar-refractivity contribution in [2.75, 3.05) is 17.2 Å². The standard InChI is InChI=1S/C24H20ClN3O2S/c1-15-6-5-9-18(25)22(15)28-23(30)17-10-11-19-21(14-17)31-24(27-19)26-13-12-20(29)16-7-3-2-4-8-16/h2-11,14H,12-13H2,1H3,(H,26,27)(H,28,30). The van der Waals surface area contributed by atoms with Gasteiger partial charge in [-0.2, -0.15) is 0 Å². The second kappa shape index (κ2) is 9.29. The topological polar surface area (TPSA) is 71.1 Å². The highest BCUT2D eigenvalue weighted by Gasteiger charge is 2.13. The van der Waals surface area contributed by atoms with Crippen LogP contribution in [-0.4, -0.2) is 23.2 Å². The van der Waals surface area contributed by atoms with Crippen LogP contribution in [0.15, 0.2) is 66.7 Å². The lowest BCUT2D eigenvalue weighted by Gasteiger charge is -2.10. The number of aromatic nitrogens is 1. The third-order valence-electron chi connectivity index (χ3n) is 4.84. The first-order valence-corrected chi connectivity index (χ1v) is 11.0. The number of nitrogens with zero attached hydrogens (tertiary/aromatic N) is 1. The smallest absolute Gasteiger partial charge is 0.255 e. The van der Waals surface area contributed by atoms with Crippen LogP contribution in [-0.2, 0) is 0 Å². The van der Waals surface area contributed by atoms with E-state index in [-0.39, 0.29) is 11.7 Å². The monoisotopic (exact) mass is 449 g/mol. The van der Waals surface area contributed by atoms with E-state index in [1.54, 1.807) is 12.1 Å². The van der Waals surface area contributed by atoms with Crippen LogP contribution in [0.2, 0.25) is 5.02 Å². The molecule has 7 heteroatoms. The third kappa shape index (κ3) is 4.93. The number of ketones is 1. The summed E-state index contributed by atoms with van der Waals surface area (Å²) in [5.74, 6) is -0.141. The lowest BCUT2D eigenvalue weighted by Crippen LogP contribution is -2.13. The SMILES string of the molecule is Cc1cccc(Cl)c1NC(=O)c1ccc2nc(NCCC(=O)c3ccccc3)sc2c1. The molecule has 0 atom stereocenters. The summed E-state index contributed by atoms with van der Waals surface area (Å²) in [6.07, 6.45) is 0.380. The van der Waals surface area contributed by atoms with Crippen molar-refractivity contribution in [3.63, 3.8) is 0 Å². The number of benzene rings is 3. The molecule has 5 nitrogen and oxygen atoms in total. The number of aryl methyl sites for hydroxylation is 1. The number of nitrogens with one attached hydrogen (secondary N) is 2. The Labute approximate surface area is 189 Å². The molecule has 0 bridgehead atoms. The van der Waals surface area contributed by atoms with E-state index in [9.17, 15) is 9.59 Å². The first-order chi connectivity index (χ1) is 15.0. The Morgan fingerprint density at radius 1 is 1.00 bits per heavy atom. The molecule has 4 aromatic rings. The van der Waals surface area contributed by atoms with Gasteiger partial charge in [0.2, 0.25) is 0 Å². The molecule has 0 radical (unpaired) electrons. The highest BCUT2D eigenvalue weighted by molar-refractivity contribution is 7.22. The van der Waals surface area contributed by atoms with Gasteiger partial charge < -0.3 is 10.6 Å².